The lowest BCUT2D eigenvalue weighted by Gasteiger charge is -2.08. The van der Waals surface area contributed by atoms with Crippen LogP contribution in [0.2, 0.25) is 0 Å². The van der Waals surface area contributed by atoms with Crippen LogP contribution in [0.25, 0.3) is 0 Å². The molecular formula is C14H13FN2O3. The molecule has 0 radical (unpaired) electrons. The summed E-state index contributed by atoms with van der Waals surface area (Å²) in [6.45, 7) is 0.722. The van der Waals surface area contributed by atoms with Crippen molar-refractivity contribution in [2.45, 2.75) is 0 Å². The quantitative estimate of drug-likeness (QED) is 0.500. The molecule has 0 aliphatic heterocycles. The average molecular weight is 276 g/mol. The van der Waals surface area contributed by atoms with Gasteiger partial charge in [-0.15, -0.1) is 0 Å². The van der Waals surface area contributed by atoms with Crippen LogP contribution in [0.4, 0.5) is 15.8 Å². The van der Waals surface area contributed by atoms with Crippen LogP contribution in [0.5, 0.6) is 5.75 Å². The summed E-state index contributed by atoms with van der Waals surface area (Å²) in [5.74, 6) is 0.0886. The first kappa shape index (κ1) is 13.8. The zero-order valence-electron chi connectivity index (χ0n) is 10.6. The van der Waals surface area contributed by atoms with Crippen LogP contribution in [-0.2, 0) is 0 Å². The molecule has 5 nitrogen and oxygen atoms in total. The van der Waals surface area contributed by atoms with Gasteiger partial charge in [-0.3, -0.25) is 10.1 Å². The van der Waals surface area contributed by atoms with Crippen molar-refractivity contribution in [3.8, 4) is 5.75 Å². The number of rotatable bonds is 6. The zero-order valence-corrected chi connectivity index (χ0v) is 10.6. The van der Waals surface area contributed by atoms with Gasteiger partial charge < -0.3 is 10.1 Å². The van der Waals surface area contributed by atoms with E-state index in [2.05, 4.69) is 5.32 Å². The first-order valence-corrected chi connectivity index (χ1v) is 6.02. The van der Waals surface area contributed by atoms with Crippen molar-refractivity contribution >= 4 is 11.4 Å². The monoisotopic (exact) mass is 276 g/mol. The third-order valence-corrected chi connectivity index (χ3v) is 2.59. The molecule has 0 heterocycles. The van der Waals surface area contributed by atoms with Gasteiger partial charge in [-0.2, -0.15) is 0 Å². The molecule has 0 amide bonds. The van der Waals surface area contributed by atoms with E-state index in [-0.39, 0.29) is 11.4 Å². The number of nitrogens with one attached hydrogen (secondary N) is 1. The molecule has 0 saturated carbocycles. The highest BCUT2D eigenvalue weighted by Gasteiger charge is 2.14. The lowest BCUT2D eigenvalue weighted by atomic mass is 10.2. The van der Waals surface area contributed by atoms with Gasteiger partial charge >= 0.3 is 0 Å². The highest BCUT2D eigenvalue weighted by Crippen LogP contribution is 2.24. The van der Waals surface area contributed by atoms with Gasteiger partial charge in [0.2, 0.25) is 0 Å². The second kappa shape index (κ2) is 6.51. The van der Waals surface area contributed by atoms with Gasteiger partial charge in [-0.1, -0.05) is 18.2 Å². The summed E-state index contributed by atoms with van der Waals surface area (Å²) >= 11 is 0. The zero-order chi connectivity index (χ0) is 14.4. The Morgan fingerprint density at radius 3 is 2.65 bits per heavy atom. The van der Waals surface area contributed by atoms with Crippen molar-refractivity contribution < 1.29 is 14.1 Å². The number of hydrogen-bond acceptors (Lipinski definition) is 4. The van der Waals surface area contributed by atoms with E-state index in [9.17, 15) is 14.5 Å². The minimum Gasteiger partial charge on any atom is -0.492 e. The fourth-order valence-corrected chi connectivity index (χ4v) is 1.68. The van der Waals surface area contributed by atoms with Crippen LogP contribution in [0.3, 0.4) is 0 Å². The van der Waals surface area contributed by atoms with Crippen LogP contribution < -0.4 is 10.1 Å². The molecule has 0 unspecified atom stereocenters. The number of nitrogens with zero attached hydrogens (tertiary/aromatic N) is 1. The fraction of sp³-hybridized carbons (Fsp3) is 0.143. The first-order valence-electron chi connectivity index (χ1n) is 6.02. The van der Waals surface area contributed by atoms with Crippen molar-refractivity contribution in [2.24, 2.45) is 0 Å². The summed E-state index contributed by atoms with van der Waals surface area (Å²) in [5.41, 5.74) is -0.0160. The van der Waals surface area contributed by atoms with Crippen molar-refractivity contribution in [3.63, 3.8) is 0 Å². The molecule has 2 aromatic carbocycles. The van der Waals surface area contributed by atoms with Crippen LogP contribution in [0.1, 0.15) is 0 Å². The largest absolute Gasteiger partial charge is 0.492 e. The lowest BCUT2D eigenvalue weighted by molar-refractivity contribution is -0.384. The maximum absolute atomic E-state index is 13.0. The molecule has 0 saturated heterocycles. The highest BCUT2D eigenvalue weighted by atomic mass is 19.1. The van der Waals surface area contributed by atoms with Gasteiger partial charge in [-0.25, -0.2) is 4.39 Å². The molecule has 104 valence electrons. The predicted molar refractivity (Wildman–Crippen MR) is 73.5 cm³/mol. The Bertz CT molecular complexity index is 590. The molecular weight excluding hydrogens is 263 g/mol. The summed E-state index contributed by atoms with van der Waals surface area (Å²) < 4.78 is 18.4. The molecule has 20 heavy (non-hydrogen) atoms. The maximum Gasteiger partial charge on any atom is 0.295 e. The Kier molecular flexibility index (Phi) is 4.49. The molecule has 0 atom stereocenters. The van der Waals surface area contributed by atoms with E-state index in [0.717, 1.165) is 11.8 Å². The van der Waals surface area contributed by atoms with Crippen LogP contribution in [0, 0.1) is 15.9 Å². The van der Waals surface area contributed by atoms with E-state index in [1.54, 1.807) is 0 Å². The van der Waals surface area contributed by atoms with E-state index >= 15 is 0 Å². The number of nitro groups is 1. The second-order valence-corrected chi connectivity index (χ2v) is 4.01. The van der Waals surface area contributed by atoms with Gasteiger partial charge in [0.25, 0.3) is 5.69 Å². The minimum atomic E-state index is -0.636. The molecule has 0 spiro atoms. The van der Waals surface area contributed by atoms with E-state index in [4.69, 9.17) is 4.74 Å². The van der Waals surface area contributed by atoms with Crippen molar-refractivity contribution in [1.29, 1.82) is 0 Å². The Morgan fingerprint density at radius 2 is 1.95 bits per heavy atom. The molecule has 0 aromatic heterocycles. The summed E-state index contributed by atoms with van der Waals surface area (Å²) in [6, 6.07) is 12.6. The second-order valence-electron chi connectivity index (χ2n) is 4.01. The molecule has 2 rings (SSSR count). The van der Waals surface area contributed by atoms with Gasteiger partial charge in [0.05, 0.1) is 11.0 Å². The summed E-state index contributed by atoms with van der Waals surface area (Å²) in [5, 5.41) is 13.7. The molecule has 0 bridgehead atoms. The fourth-order valence-electron chi connectivity index (χ4n) is 1.68. The Balaban J connectivity index is 1.90. The minimum absolute atomic E-state index is 0.271. The summed E-state index contributed by atoms with van der Waals surface area (Å²) in [6.07, 6.45) is 0. The van der Waals surface area contributed by atoms with Crippen molar-refractivity contribution in [1.82, 2.24) is 0 Å². The van der Waals surface area contributed by atoms with Gasteiger partial charge in [0.15, 0.2) is 0 Å². The topological polar surface area (TPSA) is 64.4 Å². The number of anilines is 1. The highest BCUT2D eigenvalue weighted by molar-refractivity contribution is 5.61. The van der Waals surface area contributed by atoms with Gasteiger partial charge in [0.1, 0.15) is 23.9 Å². The Morgan fingerprint density at radius 1 is 1.20 bits per heavy atom. The number of halogens is 1. The van der Waals surface area contributed by atoms with Crippen molar-refractivity contribution in [3.05, 3.63) is 64.5 Å². The maximum atomic E-state index is 13.0. The predicted octanol–water partition coefficient (Wildman–Crippen LogP) is 3.22. The van der Waals surface area contributed by atoms with E-state index < -0.39 is 10.7 Å². The van der Waals surface area contributed by atoms with Crippen molar-refractivity contribution in [2.75, 3.05) is 18.5 Å². The molecule has 0 aliphatic rings. The molecule has 0 aliphatic carbocycles. The molecule has 2 aromatic rings. The number of hydrogen-bond donors (Lipinski definition) is 1. The standard InChI is InChI=1S/C14H13FN2O3/c15-11-6-7-13(14(10-11)17(18)19)16-8-9-20-12-4-2-1-3-5-12/h1-7,10,16H,8-9H2. The average Bonchev–Trinajstić information content (AvgIpc) is 2.45. The molecule has 6 heteroatoms. The number of para-hydroxylation sites is 1. The van der Waals surface area contributed by atoms with E-state index in [1.165, 1.54) is 12.1 Å². The molecule has 0 fully saturated rings. The number of nitro benzene ring substituents is 1. The first-order chi connectivity index (χ1) is 9.66. The molecule has 1 N–H and O–H groups in total. The van der Waals surface area contributed by atoms with Gasteiger partial charge in [0, 0.05) is 6.54 Å². The Hall–Kier alpha value is -2.63. The van der Waals surface area contributed by atoms with E-state index in [1.807, 2.05) is 30.3 Å². The smallest absolute Gasteiger partial charge is 0.295 e. The van der Waals surface area contributed by atoms with Crippen LogP contribution in [0.15, 0.2) is 48.5 Å². The SMILES string of the molecule is O=[N+]([O-])c1cc(F)ccc1NCCOc1ccccc1. The summed E-state index contributed by atoms with van der Waals surface area (Å²) in [7, 11) is 0. The Labute approximate surface area is 115 Å². The van der Waals surface area contributed by atoms with Crippen LogP contribution >= 0.6 is 0 Å². The third-order valence-electron chi connectivity index (χ3n) is 2.59. The third kappa shape index (κ3) is 3.68. The van der Waals surface area contributed by atoms with E-state index in [0.29, 0.717) is 13.2 Å². The lowest BCUT2D eigenvalue weighted by Crippen LogP contribution is -2.12. The number of benzene rings is 2. The normalized spacial score (nSPS) is 10.1. The van der Waals surface area contributed by atoms with Gasteiger partial charge in [-0.05, 0) is 24.3 Å². The summed E-state index contributed by atoms with van der Waals surface area (Å²) in [4.78, 5) is 10.2. The number of ether oxygens (including phenoxy) is 1. The van der Waals surface area contributed by atoms with Crippen LogP contribution in [-0.4, -0.2) is 18.1 Å².